The smallest absolute Gasteiger partial charge is 0.272 e. The number of likely N-dealkylation sites (tertiary alicyclic amines) is 1. The Labute approximate surface area is 142 Å². The Balaban J connectivity index is 1.94. The lowest BCUT2D eigenvalue weighted by Crippen LogP contribution is -2.41. The molecular formula is C18H23N5O. The first-order valence-corrected chi connectivity index (χ1v) is 8.50. The minimum absolute atomic E-state index is 0.00703. The van der Waals surface area contributed by atoms with Crippen molar-refractivity contribution in [1.82, 2.24) is 25.1 Å². The molecule has 6 heteroatoms. The number of benzene rings is 1. The molecule has 0 radical (unpaired) electrons. The van der Waals surface area contributed by atoms with E-state index in [1.807, 2.05) is 41.3 Å². The third kappa shape index (κ3) is 3.53. The first-order valence-electron chi connectivity index (χ1n) is 8.50. The average Bonchev–Trinajstić information content (AvgIpc) is 3.06. The van der Waals surface area contributed by atoms with E-state index in [0.29, 0.717) is 17.4 Å². The highest BCUT2D eigenvalue weighted by atomic mass is 16.2. The summed E-state index contributed by atoms with van der Waals surface area (Å²) in [7, 11) is 0. The summed E-state index contributed by atoms with van der Waals surface area (Å²) in [4.78, 5) is 15.1. The molecule has 6 nitrogen and oxygen atoms in total. The van der Waals surface area contributed by atoms with Crippen molar-refractivity contribution in [2.75, 3.05) is 13.1 Å². The quantitative estimate of drug-likeness (QED) is 0.811. The summed E-state index contributed by atoms with van der Waals surface area (Å²) >= 11 is 0. The summed E-state index contributed by atoms with van der Waals surface area (Å²) in [5.41, 5.74) is 1.46. The van der Waals surface area contributed by atoms with Gasteiger partial charge in [0, 0.05) is 13.1 Å². The molecule has 0 N–H and O–H groups in total. The lowest BCUT2D eigenvalue weighted by Gasteiger charge is -2.32. The topological polar surface area (TPSA) is 63.9 Å². The van der Waals surface area contributed by atoms with Gasteiger partial charge in [-0.2, -0.15) is 4.68 Å². The van der Waals surface area contributed by atoms with Gasteiger partial charge < -0.3 is 4.90 Å². The van der Waals surface area contributed by atoms with Crippen LogP contribution in [-0.4, -0.2) is 44.1 Å². The van der Waals surface area contributed by atoms with Crippen LogP contribution >= 0.6 is 0 Å². The monoisotopic (exact) mass is 325 g/mol. The fourth-order valence-electron chi connectivity index (χ4n) is 3.12. The maximum atomic E-state index is 13.2. The summed E-state index contributed by atoms with van der Waals surface area (Å²) in [6.07, 6.45) is 5.21. The van der Waals surface area contributed by atoms with E-state index in [0.717, 1.165) is 31.5 Å². The van der Waals surface area contributed by atoms with Gasteiger partial charge in [0.05, 0.1) is 0 Å². The van der Waals surface area contributed by atoms with Crippen LogP contribution in [0.15, 0.2) is 30.3 Å². The van der Waals surface area contributed by atoms with Gasteiger partial charge >= 0.3 is 0 Å². The number of aryl methyl sites for hydroxylation is 1. The van der Waals surface area contributed by atoms with E-state index in [9.17, 15) is 4.79 Å². The van der Waals surface area contributed by atoms with Crippen molar-refractivity contribution in [3.8, 4) is 0 Å². The van der Waals surface area contributed by atoms with Crippen LogP contribution in [0.3, 0.4) is 0 Å². The molecule has 1 aromatic carbocycles. The van der Waals surface area contributed by atoms with Crippen LogP contribution in [0.2, 0.25) is 0 Å². The molecule has 1 aliphatic rings. The molecule has 1 atom stereocenters. The van der Waals surface area contributed by atoms with Crippen molar-refractivity contribution in [2.45, 2.75) is 33.1 Å². The number of carbonyl (C=O) groups is 1. The van der Waals surface area contributed by atoms with Crippen molar-refractivity contribution in [3.05, 3.63) is 41.7 Å². The number of hydrogen-bond acceptors (Lipinski definition) is 4. The van der Waals surface area contributed by atoms with Gasteiger partial charge in [-0.1, -0.05) is 43.7 Å². The highest BCUT2D eigenvalue weighted by Crippen LogP contribution is 2.23. The molecule has 0 spiro atoms. The molecule has 1 aliphatic heterocycles. The molecule has 0 bridgehead atoms. The van der Waals surface area contributed by atoms with Gasteiger partial charge in [0.2, 0.25) is 0 Å². The van der Waals surface area contributed by atoms with Gasteiger partial charge in [0.25, 0.3) is 5.91 Å². The number of nitrogens with zero attached hydrogens (tertiary/aromatic N) is 5. The predicted molar refractivity (Wildman–Crippen MR) is 92.8 cm³/mol. The minimum Gasteiger partial charge on any atom is -0.337 e. The molecule has 2 heterocycles. The molecule has 0 aliphatic carbocycles. The summed E-state index contributed by atoms with van der Waals surface area (Å²) < 4.78 is 1.53. The largest absolute Gasteiger partial charge is 0.337 e. The lowest BCUT2D eigenvalue weighted by atomic mass is 9.95. The highest BCUT2D eigenvalue weighted by molar-refractivity contribution is 6.18. The summed E-state index contributed by atoms with van der Waals surface area (Å²) in [5, 5.41) is 11.6. The van der Waals surface area contributed by atoms with Crippen LogP contribution in [0.5, 0.6) is 0 Å². The van der Waals surface area contributed by atoms with E-state index >= 15 is 0 Å². The fourth-order valence-corrected chi connectivity index (χ4v) is 3.12. The van der Waals surface area contributed by atoms with Gasteiger partial charge in [-0.3, -0.25) is 4.79 Å². The van der Waals surface area contributed by atoms with Crippen LogP contribution in [0.25, 0.3) is 11.8 Å². The lowest BCUT2D eigenvalue weighted by molar-refractivity contribution is -0.127. The van der Waals surface area contributed by atoms with E-state index in [4.69, 9.17) is 0 Å². The molecule has 24 heavy (non-hydrogen) atoms. The minimum atomic E-state index is -0.00703. The van der Waals surface area contributed by atoms with Crippen molar-refractivity contribution in [2.24, 2.45) is 5.92 Å². The normalized spacial score (nSPS) is 18.7. The van der Waals surface area contributed by atoms with Gasteiger partial charge in [-0.25, -0.2) is 0 Å². The molecular weight excluding hydrogens is 302 g/mol. The molecule has 0 saturated carbocycles. The van der Waals surface area contributed by atoms with Gasteiger partial charge in [-0.05, 0) is 47.7 Å². The van der Waals surface area contributed by atoms with Crippen molar-refractivity contribution in [1.29, 1.82) is 0 Å². The molecule has 126 valence electrons. The van der Waals surface area contributed by atoms with Crippen LogP contribution in [0.4, 0.5) is 0 Å². The van der Waals surface area contributed by atoms with Crippen molar-refractivity contribution >= 4 is 17.7 Å². The standard InChI is InChI=1S/C18H23N5O/c1-3-15-10-7-11-22(13-15)18(24)17(23-14(2)19-20-21-23)12-16-8-5-4-6-9-16/h4-6,8-9,12,15H,3,7,10-11,13H2,1-2H3/b17-12-. The number of carbonyl (C=O) groups excluding carboxylic acids is 1. The van der Waals surface area contributed by atoms with Crippen LogP contribution in [0, 0.1) is 12.8 Å². The average molecular weight is 325 g/mol. The summed E-state index contributed by atoms with van der Waals surface area (Å²) in [6, 6.07) is 9.80. The molecule has 1 amide bonds. The number of tetrazole rings is 1. The van der Waals surface area contributed by atoms with Crippen molar-refractivity contribution < 1.29 is 4.79 Å². The Morgan fingerprint density at radius 3 is 2.79 bits per heavy atom. The Hall–Kier alpha value is -2.50. The maximum absolute atomic E-state index is 13.2. The number of rotatable bonds is 4. The maximum Gasteiger partial charge on any atom is 0.272 e. The number of aromatic nitrogens is 4. The van der Waals surface area contributed by atoms with Gasteiger partial charge in [0.15, 0.2) is 5.82 Å². The molecule has 1 fully saturated rings. The van der Waals surface area contributed by atoms with Crippen LogP contribution in [-0.2, 0) is 4.79 Å². The Morgan fingerprint density at radius 2 is 2.12 bits per heavy atom. The van der Waals surface area contributed by atoms with E-state index in [1.165, 1.54) is 11.1 Å². The zero-order valence-electron chi connectivity index (χ0n) is 14.2. The Morgan fingerprint density at radius 1 is 1.33 bits per heavy atom. The molecule has 3 rings (SSSR count). The summed E-state index contributed by atoms with van der Waals surface area (Å²) in [5.74, 6) is 1.18. The highest BCUT2D eigenvalue weighted by Gasteiger charge is 2.27. The molecule has 1 unspecified atom stereocenters. The Kier molecular flexibility index (Phi) is 5.03. The van der Waals surface area contributed by atoms with E-state index in [1.54, 1.807) is 6.92 Å². The third-order valence-corrected chi connectivity index (χ3v) is 4.56. The zero-order valence-corrected chi connectivity index (χ0v) is 14.2. The summed E-state index contributed by atoms with van der Waals surface area (Å²) in [6.45, 7) is 5.59. The number of amides is 1. The first-order chi connectivity index (χ1) is 11.7. The molecule has 1 aromatic heterocycles. The zero-order chi connectivity index (χ0) is 16.9. The van der Waals surface area contributed by atoms with Gasteiger partial charge in [0.1, 0.15) is 5.70 Å². The van der Waals surface area contributed by atoms with E-state index < -0.39 is 0 Å². The molecule has 2 aromatic rings. The van der Waals surface area contributed by atoms with Crippen LogP contribution in [0.1, 0.15) is 37.6 Å². The van der Waals surface area contributed by atoms with E-state index in [2.05, 4.69) is 22.4 Å². The Bertz CT molecular complexity index is 722. The van der Waals surface area contributed by atoms with Crippen molar-refractivity contribution in [3.63, 3.8) is 0 Å². The van der Waals surface area contributed by atoms with Crippen LogP contribution < -0.4 is 0 Å². The third-order valence-electron chi connectivity index (χ3n) is 4.56. The SMILES string of the molecule is CCC1CCCN(C(=O)/C(=C/c2ccccc2)n2nnnc2C)C1. The predicted octanol–water partition coefficient (Wildman–Crippen LogP) is 2.63. The van der Waals surface area contributed by atoms with Gasteiger partial charge in [-0.15, -0.1) is 5.10 Å². The first kappa shape index (κ1) is 16.4. The number of hydrogen-bond donors (Lipinski definition) is 0. The molecule has 1 saturated heterocycles. The van der Waals surface area contributed by atoms with E-state index in [-0.39, 0.29) is 5.91 Å². The second-order valence-electron chi connectivity index (χ2n) is 6.25. The fraction of sp³-hybridized carbons (Fsp3) is 0.444. The second kappa shape index (κ2) is 7.38. The second-order valence-corrected chi connectivity index (χ2v) is 6.25. The number of piperidine rings is 1.